The average Bonchev–Trinajstić information content (AvgIpc) is 3.65. The quantitative estimate of drug-likeness (QED) is 0.390. The molecule has 4 aliphatic heterocycles. The first-order chi connectivity index (χ1) is 19.0. The lowest BCUT2D eigenvalue weighted by molar-refractivity contribution is -0.147. The van der Waals surface area contributed by atoms with E-state index in [1.165, 1.54) is 11.1 Å². The van der Waals surface area contributed by atoms with Crippen LogP contribution in [-0.2, 0) is 32.2 Å². The second kappa shape index (κ2) is 12.0. The summed E-state index contributed by atoms with van der Waals surface area (Å²) in [4.78, 5) is 28.9. The number of aliphatic hydroxyl groups is 1. The predicted octanol–water partition coefficient (Wildman–Crippen LogP) is 3.67. The van der Waals surface area contributed by atoms with Crippen LogP contribution in [0.25, 0.3) is 0 Å². The van der Waals surface area contributed by atoms with Crippen LogP contribution < -0.4 is 0 Å². The number of aliphatic hydroxyl groups excluding tert-OH is 1. The molecule has 1 N–H and O–H groups in total. The van der Waals surface area contributed by atoms with Crippen molar-refractivity contribution in [2.45, 2.75) is 32.4 Å². The fourth-order valence-electron chi connectivity index (χ4n) is 6.96. The summed E-state index contributed by atoms with van der Waals surface area (Å²) in [6, 6.07) is 20.7. The van der Waals surface area contributed by atoms with Gasteiger partial charge in [-0.05, 0) is 30.4 Å². The molecule has 208 valence electrons. The number of ether oxygens (including phenoxy) is 2. The van der Waals surface area contributed by atoms with Gasteiger partial charge in [-0.1, -0.05) is 66.7 Å². The molecule has 6 rings (SSSR count). The third-order valence-corrected chi connectivity index (χ3v) is 8.96. The van der Waals surface area contributed by atoms with Gasteiger partial charge in [-0.3, -0.25) is 19.4 Å². The number of nitrogens with zero attached hydrogens (tertiary/aromatic N) is 2. The summed E-state index contributed by atoms with van der Waals surface area (Å²) in [7, 11) is 0. The molecule has 4 heterocycles. The van der Waals surface area contributed by atoms with Crippen molar-refractivity contribution in [1.82, 2.24) is 9.80 Å². The molecular formula is C32H40N2O5. The Morgan fingerprint density at radius 2 is 1.31 bits per heavy atom. The third kappa shape index (κ3) is 5.67. The average molecular weight is 533 g/mol. The molecule has 0 aromatic heterocycles. The maximum Gasteiger partial charge on any atom is 0.314 e. The number of cyclic esters (lactones) is 2. The summed E-state index contributed by atoms with van der Waals surface area (Å²) >= 11 is 0. The summed E-state index contributed by atoms with van der Waals surface area (Å²) in [5, 5.41) is 9.06. The minimum Gasteiger partial charge on any atom is -0.465 e. The van der Waals surface area contributed by atoms with Crippen molar-refractivity contribution in [2.24, 2.45) is 22.7 Å². The Morgan fingerprint density at radius 3 is 1.82 bits per heavy atom. The van der Waals surface area contributed by atoms with E-state index in [9.17, 15) is 9.59 Å². The summed E-state index contributed by atoms with van der Waals surface area (Å²) < 4.78 is 10.5. The molecular weight excluding hydrogens is 492 g/mol. The van der Waals surface area contributed by atoms with Gasteiger partial charge in [-0.2, -0.15) is 0 Å². The van der Waals surface area contributed by atoms with Crippen molar-refractivity contribution < 1.29 is 24.2 Å². The number of allylic oxidation sites excluding steroid dienone is 1. The highest BCUT2D eigenvalue weighted by atomic mass is 16.5. The van der Waals surface area contributed by atoms with Crippen LogP contribution in [0.1, 0.15) is 30.4 Å². The molecule has 0 radical (unpaired) electrons. The lowest BCUT2D eigenvalue weighted by atomic mass is 9.77. The van der Waals surface area contributed by atoms with E-state index < -0.39 is 0 Å². The van der Waals surface area contributed by atoms with Crippen molar-refractivity contribution in [3.8, 4) is 0 Å². The van der Waals surface area contributed by atoms with Gasteiger partial charge in [0.05, 0.1) is 24.0 Å². The van der Waals surface area contributed by atoms with Crippen molar-refractivity contribution >= 4 is 11.9 Å². The van der Waals surface area contributed by atoms with Crippen molar-refractivity contribution in [1.29, 1.82) is 0 Å². The Balaban J connectivity index is 0.000000158. The Bertz CT molecular complexity index is 1140. The number of benzene rings is 2. The van der Waals surface area contributed by atoms with Gasteiger partial charge in [-0.15, -0.1) is 6.58 Å². The highest BCUT2D eigenvalue weighted by molar-refractivity contribution is 5.81. The SMILES string of the molecule is C=CCC12CN(Cc3ccccc3)CC1COC2=O.O=C1OCC2CN(Cc3ccccc3)CC12CCCO. The molecule has 7 heteroatoms. The molecule has 4 fully saturated rings. The number of likely N-dealkylation sites (tertiary alicyclic amines) is 2. The molecule has 0 saturated carbocycles. The standard InChI is InChI=1S/C16H21NO3.C16H19NO2/c18-8-4-7-16-12-17(9-13-5-2-1-3-6-13)10-14(16)11-20-15(16)19;1-2-8-16-12-17(9-13-6-4-3-5-7-13)10-14(16)11-19-15(16)18/h1-3,5-6,14,18H,4,7-12H2;2-7,14H,1,8-12H2. The van der Waals surface area contributed by atoms with E-state index in [0.29, 0.717) is 25.6 Å². The molecule has 39 heavy (non-hydrogen) atoms. The second-order valence-electron chi connectivity index (χ2n) is 11.5. The first-order valence-electron chi connectivity index (χ1n) is 14.1. The van der Waals surface area contributed by atoms with Crippen molar-refractivity contribution in [3.05, 3.63) is 84.4 Å². The van der Waals surface area contributed by atoms with Gasteiger partial charge >= 0.3 is 11.9 Å². The van der Waals surface area contributed by atoms with Crippen LogP contribution in [0.15, 0.2) is 73.3 Å². The first-order valence-corrected chi connectivity index (χ1v) is 14.1. The highest BCUT2D eigenvalue weighted by Crippen LogP contribution is 2.46. The number of hydrogen-bond donors (Lipinski definition) is 1. The minimum atomic E-state index is -0.377. The van der Waals surface area contributed by atoms with Crippen LogP contribution in [0.5, 0.6) is 0 Å². The molecule has 4 atom stereocenters. The van der Waals surface area contributed by atoms with E-state index in [-0.39, 0.29) is 35.3 Å². The van der Waals surface area contributed by atoms with E-state index in [4.69, 9.17) is 14.6 Å². The number of carbonyl (C=O) groups excluding carboxylic acids is 2. The molecule has 7 nitrogen and oxygen atoms in total. The first kappa shape index (κ1) is 27.6. The van der Waals surface area contributed by atoms with Crippen LogP contribution in [0.3, 0.4) is 0 Å². The summed E-state index contributed by atoms with van der Waals surface area (Å²) in [5.74, 6) is 0.506. The summed E-state index contributed by atoms with van der Waals surface area (Å²) in [6.07, 6.45) is 3.98. The number of fused-ring (bicyclic) bond motifs is 2. The zero-order valence-electron chi connectivity index (χ0n) is 22.7. The van der Waals surface area contributed by atoms with E-state index in [0.717, 1.165) is 52.1 Å². The van der Waals surface area contributed by atoms with Crippen molar-refractivity contribution in [3.63, 3.8) is 0 Å². The van der Waals surface area contributed by atoms with Gasteiger partial charge < -0.3 is 14.6 Å². The molecule has 4 saturated heterocycles. The van der Waals surface area contributed by atoms with E-state index >= 15 is 0 Å². The molecule has 2 aromatic rings. The molecule has 2 aromatic carbocycles. The van der Waals surface area contributed by atoms with E-state index in [2.05, 4.69) is 52.8 Å². The monoisotopic (exact) mass is 532 g/mol. The van der Waals surface area contributed by atoms with Gasteiger partial charge in [0.15, 0.2) is 0 Å². The normalized spacial score (nSPS) is 29.8. The fourth-order valence-corrected chi connectivity index (χ4v) is 6.96. The lowest BCUT2D eigenvalue weighted by Gasteiger charge is -2.24. The Morgan fingerprint density at radius 1 is 0.821 bits per heavy atom. The van der Waals surface area contributed by atoms with Gasteiger partial charge in [0.25, 0.3) is 0 Å². The van der Waals surface area contributed by atoms with Crippen LogP contribution in [0.4, 0.5) is 0 Å². The molecule has 4 aliphatic rings. The topological polar surface area (TPSA) is 79.3 Å². The summed E-state index contributed by atoms with van der Waals surface area (Å²) in [5.41, 5.74) is 1.86. The van der Waals surface area contributed by atoms with Crippen LogP contribution in [0.2, 0.25) is 0 Å². The highest BCUT2D eigenvalue weighted by Gasteiger charge is 2.57. The molecule has 0 spiro atoms. The van der Waals surface area contributed by atoms with Crippen LogP contribution in [0, 0.1) is 22.7 Å². The lowest BCUT2D eigenvalue weighted by Crippen LogP contribution is -2.35. The number of hydrogen-bond acceptors (Lipinski definition) is 7. The maximum absolute atomic E-state index is 12.2. The molecule has 0 aliphatic carbocycles. The second-order valence-corrected chi connectivity index (χ2v) is 11.5. The van der Waals surface area contributed by atoms with Gasteiger partial charge in [0.1, 0.15) is 0 Å². The zero-order chi connectivity index (χ0) is 27.3. The molecule has 0 amide bonds. The third-order valence-electron chi connectivity index (χ3n) is 8.96. The van der Waals surface area contributed by atoms with Crippen molar-refractivity contribution in [2.75, 3.05) is 46.0 Å². The fraction of sp³-hybridized carbons (Fsp3) is 0.500. The van der Waals surface area contributed by atoms with E-state index in [1.807, 2.05) is 30.3 Å². The zero-order valence-corrected chi connectivity index (χ0v) is 22.7. The van der Waals surface area contributed by atoms with Gasteiger partial charge in [-0.25, -0.2) is 0 Å². The largest absolute Gasteiger partial charge is 0.465 e. The smallest absolute Gasteiger partial charge is 0.314 e. The van der Waals surface area contributed by atoms with Gasteiger partial charge in [0, 0.05) is 57.7 Å². The maximum atomic E-state index is 12.2. The summed E-state index contributed by atoms with van der Waals surface area (Å²) in [6.45, 7) is 10.2. The van der Waals surface area contributed by atoms with E-state index in [1.54, 1.807) is 0 Å². The van der Waals surface area contributed by atoms with Crippen LogP contribution in [-0.4, -0.2) is 72.8 Å². The Labute approximate surface area is 231 Å². The molecule has 4 unspecified atom stereocenters. The number of esters is 2. The van der Waals surface area contributed by atoms with Gasteiger partial charge in [0.2, 0.25) is 0 Å². The number of carbonyl (C=O) groups is 2. The number of rotatable bonds is 9. The predicted molar refractivity (Wildman–Crippen MR) is 148 cm³/mol. The molecule has 0 bridgehead atoms. The minimum absolute atomic E-state index is 0.0343. The van der Waals surface area contributed by atoms with Crippen LogP contribution >= 0.6 is 0 Å². The Hall–Kier alpha value is -3.00. The Kier molecular flexibility index (Phi) is 8.50.